The molecular formula is C47H27NO. The Morgan fingerprint density at radius 1 is 0.367 bits per heavy atom. The molecule has 2 nitrogen and oxygen atoms in total. The third-order valence-corrected chi connectivity index (χ3v) is 11.4. The zero-order chi connectivity index (χ0) is 31.8. The number of fused-ring (bicyclic) bond motifs is 9. The minimum Gasteiger partial charge on any atom is -0.456 e. The third-order valence-electron chi connectivity index (χ3n) is 11.4. The van der Waals surface area contributed by atoms with Crippen molar-refractivity contribution in [1.82, 2.24) is 0 Å². The fourth-order valence-electron chi connectivity index (χ4n) is 9.50. The van der Waals surface area contributed by atoms with Gasteiger partial charge in [-0.3, -0.25) is 0 Å². The quantitative estimate of drug-likeness (QED) is 0.195. The summed E-state index contributed by atoms with van der Waals surface area (Å²) in [7, 11) is 0. The van der Waals surface area contributed by atoms with Gasteiger partial charge in [0.05, 0.1) is 5.41 Å². The summed E-state index contributed by atoms with van der Waals surface area (Å²) < 4.78 is 6.27. The Bertz CT molecular complexity index is 2870. The normalized spacial score (nSPS) is 15.8. The maximum atomic E-state index is 6.27. The minimum atomic E-state index is -0.334. The molecule has 0 N–H and O–H groups in total. The molecule has 0 fully saturated rings. The molecule has 1 atom stereocenters. The van der Waals surface area contributed by atoms with Crippen LogP contribution in [0.1, 0.15) is 22.3 Å². The summed E-state index contributed by atoms with van der Waals surface area (Å²) in [6, 6.07) is 60.4. The topological polar surface area (TPSA) is 16.4 Å². The highest BCUT2D eigenvalue weighted by Crippen LogP contribution is 2.70. The predicted octanol–water partition coefficient (Wildman–Crippen LogP) is 12.5. The minimum absolute atomic E-state index is 0.334. The van der Waals surface area contributed by atoms with Crippen molar-refractivity contribution in [2.24, 2.45) is 0 Å². The first-order valence-corrected chi connectivity index (χ1v) is 17.0. The molecule has 1 aromatic heterocycles. The van der Waals surface area contributed by atoms with E-state index < -0.39 is 0 Å². The molecule has 3 aliphatic rings. The fourth-order valence-corrected chi connectivity index (χ4v) is 9.50. The van der Waals surface area contributed by atoms with Crippen LogP contribution in [0, 0.1) is 0 Å². The van der Waals surface area contributed by atoms with Crippen molar-refractivity contribution in [2.75, 3.05) is 4.90 Å². The van der Waals surface area contributed by atoms with Gasteiger partial charge in [0.2, 0.25) is 0 Å². The molecule has 0 saturated heterocycles. The second kappa shape index (κ2) is 8.94. The second-order valence-electron chi connectivity index (χ2n) is 13.6. The molecular weight excluding hydrogens is 595 g/mol. The summed E-state index contributed by atoms with van der Waals surface area (Å²) in [6.07, 6.45) is 0. The molecule has 0 amide bonds. The summed E-state index contributed by atoms with van der Waals surface area (Å²) in [6.45, 7) is 0. The average Bonchev–Trinajstić information content (AvgIpc) is 3.87. The van der Waals surface area contributed by atoms with Crippen molar-refractivity contribution in [2.45, 2.75) is 5.41 Å². The number of anilines is 3. The largest absolute Gasteiger partial charge is 0.456 e. The van der Waals surface area contributed by atoms with E-state index in [1.54, 1.807) is 0 Å². The van der Waals surface area contributed by atoms with Crippen LogP contribution in [-0.2, 0) is 5.41 Å². The van der Waals surface area contributed by atoms with Gasteiger partial charge in [-0.25, -0.2) is 0 Å². The van der Waals surface area contributed by atoms with Gasteiger partial charge in [-0.2, -0.15) is 0 Å². The molecule has 226 valence electrons. The van der Waals surface area contributed by atoms with Crippen LogP contribution in [-0.4, -0.2) is 0 Å². The lowest BCUT2D eigenvalue weighted by molar-refractivity contribution is 0.669. The number of nitrogens with zero attached hydrogens (tertiary/aromatic N) is 1. The Morgan fingerprint density at radius 3 is 1.78 bits per heavy atom. The van der Waals surface area contributed by atoms with Crippen LogP contribution in [0.25, 0.3) is 66.1 Å². The van der Waals surface area contributed by atoms with E-state index in [9.17, 15) is 0 Å². The van der Waals surface area contributed by atoms with Gasteiger partial charge in [0.15, 0.2) is 0 Å². The first kappa shape index (κ1) is 25.7. The zero-order valence-electron chi connectivity index (χ0n) is 26.4. The van der Waals surface area contributed by atoms with Gasteiger partial charge in [-0.1, -0.05) is 115 Å². The Balaban J connectivity index is 1.16. The van der Waals surface area contributed by atoms with Gasteiger partial charge >= 0.3 is 0 Å². The van der Waals surface area contributed by atoms with E-state index in [0.717, 1.165) is 39.0 Å². The van der Waals surface area contributed by atoms with Gasteiger partial charge in [0, 0.05) is 27.8 Å². The predicted molar refractivity (Wildman–Crippen MR) is 201 cm³/mol. The fraction of sp³-hybridized carbons (Fsp3) is 0.0213. The van der Waals surface area contributed by atoms with E-state index in [1.165, 1.54) is 66.4 Å². The van der Waals surface area contributed by atoms with Crippen molar-refractivity contribution in [3.05, 3.63) is 186 Å². The molecule has 8 aromatic carbocycles. The van der Waals surface area contributed by atoms with Crippen molar-refractivity contribution in [3.63, 3.8) is 0 Å². The first-order chi connectivity index (χ1) is 24.3. The van der Waals surface area contributed by atoms with Crippen LogP contribution in [0.15, 0.2) is 168 Å². The first-order valence-electron chi connectivity index (χ1n) is 17.0. The molecule has 1 heterocycles. The molecule has 1 spiro atoms. The monoisotopic (exact) mass is 621 g/mol. The van der Waals surface area contributed by atoms with E-state index in [2.05, 4.69) is 163 Å². The molecule has 0 bridgehead atoms. The Kier molecular flexibility index (Phi) is 4.69. The molecule has 0 saturated carbocycles. The maximum absolute atomic E-state index is 6.27. The van der Waals surface area contributed by atoms with Crippen LogP contribution in [0.3, 0.4) is 0 Å². The van der Waals surface area contributed by atoms with E-state index in [-0.39, 0.29) is 5.41 Å². The number of rotatable bonds is 3. The van der Waals surface area contributed by atoms with Crippen molar-refractivity contribution < 1.29 is 4.42 Å². The third kappa shape index (κ3) is 3.08. The SMILES string of the molecule is c1ccc2c(c1)-c1cccc3c1C21c2cc(N(c4ccc5ccccc5c4)c4ccc5oc6ccccc6c5c4)ccc2-c2cccc-3c21. The lowest BCUT2D eigenvalue weighted by Gasteiger charge is -2.30. The standard InChI is InChI=1S/C47H27NO/c1-2-10-29-25-30(20-19-28(29)9-1)48(31-22-24-44-40(26-31)35-12-4-6-18-43(35)49-44)32-21-23-34-37-14-8-16-39-38-15-7-13-36-33-11-3-5-17-41(33)47(45(36)38,46(37)39)42(34)27-32/h1-27H. The molecule has 3 aliphatic carbocycles. The zero-order valence-corrected chi connectivity index (χ0v) is 26.4. The smallest absolute Gasteiger partial charge is 0.135 e. The van der Waals surface area contributed by atoms with E-state index >= 15 is 0 Å². The summed E-state index contributed by atoms with van der Waals surface area (Å²) in [5.74, 6) is 0. The highest BCUT2D eigenvalue weighted by molar-refractivity contribution is 6.08. The van der Waals surface area contributed by atoms with Crippen LogP contribution in [0.2, 0.25) is 0 Å². The number of para-hydroxylation sites is 1. The summed E-state index contributed by atoms with van der Waals surface area (Å²) in [5.41, 5.74) is 18.6. The van der Waals surface area contributed by atoms with E-state index in [1.807, 2.05) is 6.07 Å². The molecule has 0 aliphatic heterocycles. The van der Waals surface area contributed by atoms with Crippen molar-refractivity contribution >= 4 is 49.8 Å². The highest BCUT2D eigenvalue weighted by Gasteiger charge is 2.57. The van der Waals surface area contributed by atoms with Gasteiger partial charge in [-0.15, -0.1) is 0 Å². The Labute approximate surface area is 283 Å². The number of furan rings is 1. The van der Waals surface area contributed by atoms with Gasteiger partial charge in [-0.05, 0) is 115 Å². The maximum Gasteiger partial charge on any atom is 0.135 e. The molecule has 12 rings (SSSR count). The van der Waals surface area contributed by atoms with Gasteiger partial charge in [0.1, 0.15) is 11.2 Å². The van der Waals surface area contributed by atoms with Crippen LogP contribution >= 0.6 is 0 Å². The number of benzene rings is 8. The van der Waals surface area contributed by atoms with Gasteiger partial charge < -0.3 is 9.32 Å². The van der Waals surface area contributed by atoms with E-state index in [4.69, 9.17) is 4.42 Å². The Morgan fingerprint density at radius 2 is 0.939 bits per heavy atom. The van der Waals surface area contributed by atoms with E-state index in [0.29, 0.717) is 0 Å². The van der Waals surface area contributed by atoms with Crippen LogP contribution < -0.4 is 4.90 Å². The summed E-state index contributed by atoms with van der Waals surface area (Å²) in [4.78, 5) is 2.43. The highest BCUT2D eigenvalue weighted by atomic mass is 16.3. The van der Waals surface area contributed by atoms with Crippen LogP contribution in [0.5, 0.6) is 0 Å². The molecule has 2 heteroatoms. The van der Waals surface area contributed by atoms with Crippen molar-refractivity contribution in [3.8, 4) is 33.4 Å². The number of hydrogen-bond donors (Lipinski definition) is 0. The summed E-state index contributed by atoms with van der Waals surface area (Å²) in [5, 5.41) is 4.70. The lowest BCUT2D eigenvalue weighted by atomic mass is 9.73. The lowest BCUT2D eigenvalue weighted by Crippen LogP contribution is -2.23. The molecule has 1 unspecified atom stereocenters. The number of hydrogen-bond acceptors (Lipinski definition) is 2. The average molecular weight is 622 g/mol. The molecule has 9 aromatic rings. The molecule has 0 radical (unpaired) electrons. The molecule has 49 heavy (non-hydrogen) atoms. The van der Waals surface area contributed by atoms with Crippen LogP contribution in [0.4, 0.5) is 17.1 Å². The van der Waals surface area contributed by atoms with Crippen molar-refractivity contribution in [1.29, 1.82) is 0 Å². The Hall–Kier alpha value is -6.38. The summed E-state index contributed by atoms with van der Waals surface area (Å²) >= 11 is 0. The van der Waals surface area contributed by atoms with Gasteiger partial charge in [0.25, 0.3) is 0 Å². The second-order valence-corrected chi connectivity index (χ2v) is 13.6.